The Balaban J connectivity index is 2.08. The van der Waals surface area contributed by atoms with Crippen molar-refractivity contribution < 1.29 is 9.90 Å². The molecule has 2 rings (SSSR count). The smallest absolute Gasteiger partial charge is 0.303 e. The van der Waals surface area contributed by atoms with E-state index >= 15 is 0 Å². The zero-order chi connectivity index (χ0) is 12.3. The predicted molar refractivity (Wildman–Crippen MR) is 69.3 cm³/mol. The lowest BCUT2D eigenvalue weighted by Crippen LogP contribution is -2.13. The van der Waals surface area contributed by atoms with Crippen molar-refractivity contribution in [2.45, 2.75) is 36.6 Å². The lowest BCUT2D eigenvalue weighted by Gasteiger charge is -2.18. The molecule has 1 atom stereocenters. The molecule has 92 valence electrons. The van der Waals surface area contributed by atoms with Gasteiger partial charge in [-0.05, 0) is 42.2 Å². The Kier molecular flexibility index (Phi) is 4.07. The van der Waals surface area contributed by atoms with Crippen LogP contribution in [0.4, 0.5) is 0 Å². The van der Waals surface area contributed by atoms with Gasteiger partial charge in [-0.1, -0.05) is 12.1 Å². The number of carboxylic acid groups (broad SMARTS) is 1. The van der Waals surface area contributed by atoms with Gasteiger partial charge >= 0.3 is 5.97 Å². The van der Waals surface area contributed by atoms with Gasteiger partial charge in [0.15, 0.2) is 0 Å². The molecule has 1 aliphatic rings. The largest absolute Gasteiger partial charge is 0.481 e. The first kappa shape index (κ1) is 12.5. The van der Waals surface area contributed by atoms with Gasteiger partial charge in [0.2, 0.25) is 0 Å². The van der Waals surface area contributed by atoms with Crippen LogP contribution in [0.3, 0.4) is 0 Å². The summed E-state index contributed by atoms with van der Waals surface area (Å²) >= 11 is 1.87. The molecule has 0 aromatic heterocycles. The second-order valence-electron chi connectivity index (χ2n) is 4.36. The molecule has 1 aliphatic heterocycles. The molecule has 17 heavy (non-hydrogen) atoms. The fraction of sp³-hybridized carbons (Fsp3) is 0.462. The third kappa shape index (κ3) is 3.23. The van der Waals surface area contributed by atoms with Gasteiger partial charge in [0.1, 0.15) is 0 Å². The number of rotatable bonds is 4. The number of fused-ring (bicyclic) bond motifs is 1. The van der Waals surface area contributed by atoms with Crippen molar-refractivity contribution in [3.63, 3.8) is 0 Å². The summed E-state index contributed by atoms with van der Waals surface area (Å²) in [5.74, 6) is 0.383. The number of carboxylic acids is 1. The maximum atomic E-state index is 10.5. The zero-order valence-corrected chi connectivity index (χ0v) is 10.5. The molecule has 3 N–H and O–H groups in total. The van der Waals surface area contributed by atoms with Crippen molar-refractivity contribution in [3.05, 3.63) is 29.3 Å². The van der Waals surface area contributed by atoms with Crippen molar-refractivity contribution in [1.29, 1.82) is 0 Å². The van der Waals surface area contributed by atoms with E-state index in [9.17, 15) is 4.79 Å². The van der Waals surface area contributed by atoms with E-state index in [1.54, 1.807) is 0 Å². The highest BCUT2D eigenvalue weighted by Crippen LogP contribution is 2.32. The summed E-state index contributed by atoms with van der Waals surface area (Å²) in [5.41, 5.74) is 8.46. The van der Waals surface area contributed by atoms with Crippen molar-refractivity contribution in [2.24, 2.45) is 5.73 Å². The molecular weight excluding hydrogens is 234 g/mol. The molecule has 0 amide bonds. The maximum absolute atomic E-state index is 10.5. The Morgan fingerprint density at radius 3 is 3.12 bits per heavy atom. The minimum Gasteiger partial charge on any atom is -0.481 e. The first-order valence-corrected chi connectivity index (χ1v) is 6.88. The molecule has 1 aromatic carbocycles. The monoisotopic (exact) mass is 251 g/mol. The zero-order valence-electron chi connectivity index (χ0n) is 9.69. The van der Waals surface area contributed by atoms with Crippen LogP contribution < -0.4 is 5.73 Å². The first-order valence-electron chi connectivity index (χ1n) is 5.90. The maximum Gasteiger partial charge on any atom is 0.303 e. The molecule has 0 saturated heterocycles. The Bertz CT molecular complexity index is 420. The highest BCUT2D eigenvalue weighted by Gasteiger charge is 2.13. The molecule has 1 heterocycles. The van der Waals surface area contributed by atoms with Crippen molar-refractivity contribution in [2.75, 3.05) is 5.75 Å². The van der Waals surface area contributed by atoms with E-state index in [4.69, 9.17) is 10.8 Å². The minimum absolute atomic E-state index is 0.130. The Labute approximate surface area is 105 Å². The summed E-state index contributed by atoms with van der Waals surface area (Å²) in [5, 5.41) is 8.64. The minimum atomic E-state index is -0.784. The van der Waals surface area contributed by atoms with Gasteiger partial charge in [0, 0.05) is 17.4 Å². The van der Waals surface area contributed by atoms with E-state index in [-0.39, 0.29) is 12.5 Å². The van der Waals surface area contributed by atoms with E-state index in [0.717, 1.165) is 12.0 Å². The summed E-state index contributed by atoms with van der Waals surface area (Å²) in [6.45, 7) is 0. The summed E-state index contributed by atoms with van der Waals surface area (Å²) in [7, 11) is 0. The first-order chi connectivity index (χ1) is 8.16. The summed E-state index contributed by atoms with van der Waals surface area (Å²) in [6.07, 6.45) is 3.01. The van der Waals surface area contributed by atoms with E-state index < -0.39 is 5.97 Å². The summed E-state index contributed by atoms with van der Waals surface area (Å²) < 4.78 is 0. The van der Waals surface area contributed by atoms with Crippen LogP contribution in [0.5, 0.6) is 0 Å². The molecule has 3 nitrogen and oxygen atoms in total. The number of aliphatic carboxylic acids is 1. The fourth-order valence-electron chi connectivity index (χ4n) is 2.03. The third-order valence-corrected chi connectivity index (χ3v) is 4.22. The highest BCUT2D eigenvalue weighted by atomic mass is 32.2. The van der Waals surface area contributed by atoms with Crippen molar-refractivity contribution in [1.82, 2.24) is 0 Å². The predicted octanol–water partition coefficient (Wildman–Crippen LogP) is 2.59. The number of thioether (sulfide) groups is 1. The van der Waals surface area contributed by atoms with Crippen LogP contribution in [0.1, 0.15) is 36.4 Å². The number of hydrogen-bond donors (Lipinski definition) is 2. The van der Waals surface area contributed by atoms with Crippen LogP contribution >= 0.6 is 11.8 Å². The van der Waals surface area contributed by atoms with Crippen LogP contribution in [-0.2, 0) is 11.2 Å². The molecule has 0 bridgehead atoms. The Morgan fingerprint density at radius 2 is 2.35 bits per heavy atom. The molecule has 0 fully saturated rings. The number of carbonyl (C=O) groups is 1. The number of aryl methyl sites for hydroxylation is 1. The standard InChI is InChI=1S/C13H17NO2S/c14-11(5-6-13(15)16)10-4-3-9-2-1-7-17-12(9)8-10/h3-4,8,11H,1-2,5-7,14H2,(H,15,16). The highest BCUT2D eigenvalue weighted by molar-refractivity contribution is 7.99. The van der Waals surface area contributed by atoms with Crippen molar-refractivity contribution >= 4 is 17.7 Å². The Morgan fingerprint density at radius 1 is 1.53 bits per heavy atom. The van der Waals surface area contributed by atoms with Crippen molar-refractivity contribution in [3.8, 4) is 0 Å². The topological polar surface area (TPSA) is 63.3 Å². The van der Waals surface area contributed by atoms with Gasteiger partial charge in [-0.3, -0.25) is 4.79 Å². The summed E-state index contributed by atoms with van der Waals surface area (Å²) in [6, 6.07) is 6.14. The molecule has 0 aliphatic carbocycles. The SMILES string of the molecule is NC(CCC(=O)O)c1ccc2c(c1)SCCC2. The van der Waals surface area contributed by atoms with Gasteiger partial charge in [0.25, 0.3) is 0 Å². The average molecular weight is 251 g/mol. The summed E-state index contributed by atoms with van der Waals surface area (Å²) in [4.78, 5) is 11.8. The van der Waals surface area contributed by atoms with Gasteiger partial charge in [-0.2, -0.15) is 0 Å². The normalized spacial score (nSPS) is 16.3. The average Bonchev–Trinajstić information content (AvgIpc) is 2.35. The van der Waals surface area contributed by atoms with Gasteiger partial charge in [-0.15, -0.1) is 11.8 Å². The van der Waals surface area contributed by atoms with Crippen LogP contribution in [0.25, 0.3) is 0 Å². The molecule has 1 aromatic rings. The van der Waals surface area contributed by atoms with Gasteiger partial charge in [-0.25, -0.2) is 0 Å². The van der Waals surface area contributed by atoms with Gasteiger partial charge in [0.05, 0.1) is 0 Å². The molecular formula is C13H17NO2S. The number of nitrogens with two attached hydrogens (primary N) is 1. The molecule has 1 unspecified atom stereocenters. The Hall–Kier alpha value is -1.00. The second-order valence-corrected chi connectivity index (χ2v) is 5.49. The number of hydrogen-bond acceptors (Lipinski definition) is 3. The quantitative estimate of drug-likeness (QED) is 0.863. The molecule has 0 radical (unpaired) electrons. The molecule has 0 spiro atoms. The van der Waals surface area contributed by atoms with E-state index in [1.165, 1.54) is 22.6 Å². The molecule has 0 saturated carbocycles. The lowest BCUT2D eigenvalue weighted by atomic mass is 10.00. The van der Waals surface area contributed by atoms with Crippen LogP contribution in [-0.4, -0.2) is 16.8 Å². The van der Waals surface area contributed by atoms with E-state index in [0.29, 0.717) is 6.42 Å². The number of benzene rings is 1. The van der Waals surface area contributed by atoms with E-state index in [2.05, 4.69) is 12.1 Å². The van der Waals surface area contributed by atoms with Crippen LogP contribution in [0, 0.1) is 0 Å². The van der Waals surface area contributed by atoms with E-state index in [1.807, 2.05) is 17.8 Å². The van der Waals surface area contributed by atoms with Crippen LogP contribution in [0.15, 0.2) is 23.1 Å². The van der Waals surface area contributed by atoms with Gasteiger partial charge < -0.3 is 10.8 Å². The van der Waals surface area contributed by atoms with Crippen LogP contribution in [0.2, 0.25) is 0 Å². The molecule has 4 heteroatoms. The fourth-order valence-corrected chi connectivity index (χ4v) is 3.12. The lowest BCUT2D eigenvalue weighted by molar-refractivity contribution is -0.137. The second kappa shape index (κ2) is 5.56. The third-order valence-electron chi connectivity index (χ3n) is 3.04.